The third-order valence-corrected chi connectivity index (χ3v) is 7.17. The number of thiophene rings is 1. The first kappa shape index (κ1) is 20.3. The number of carboxylic acid groups (broad SMARTS) is 1. The summed E-state index contributed by atoms with van der Waals surface area (Å²) in [7, 11) is 1.89. The molecule has 3 N–H and O–H groups in total. The molecule has 1 heterocycles. The van der Waals surface area contributed by atoms with Gasteiger partial charge in [-0.05, 0) is 68.9 Å². The molecule has 2 aliphatic carbocycles. The van der Waals surface area contributed by atoms with Gasteiger partial charge in [-0.15, -0.1) is 11.3 Å². The minimum absolute atomic E-state index is 0.103. The van der Waals surface area contributed by atoms with E-state index >= 15 is 0 Å². The van der Waals surface area contributed by atoms with E-state index in [1.807, 2.05) is 18.0 Å². The number of likely N-dealkylation sites (N-methyl/N-ethyl adjacent to an activating group) is 1. The molecule has 1 amide bonds. The monoisotopic (exact) mass is 394 g/mol. The van der Waals surface area contributed by atoms with Gasteiger partial charge < -0.3 is 20.5 Å². The molecule has 6 nitrogen and oxygen atoms in total. The van der Waals surface area contributed by atoms with E-state index in [4.69, 9.17) is 15.6 Å². The molecule has 0 saturated heterocycles. The van der Waals surface area contributed by atoms with E-state index in [0.29, 0.717) is 30.1 Å². The Hall–Kier alpha value is -1.44. The number of carboxylic acids is 1. The van der Waals surface area contributed by atoms with Crippen molar-refractivity contribution in [2.45, 2.75) is 63.6 Å². The van der Waals surface area contributed by atoms with E-state index in [1.165, 1.54) is 17.8 Å². The van der Waals surface area contributed by atoms with Crippen LogP contribution < -0.4 is 5.73 Å². The van der Waals surface area contributed by atoms with Crippen molar-refractivity contribution in [3.05, 3.63) is 21.9 Å². The highest BCUT2D eigenvalue weighted by atomic mass is 32.1. The van der Waals surface area contributed by atoms with Crippen molar-refractivity contribution in [3.8, 4) is 0 Å². The lowest BCUT2D eigenvalue weighted by Gasteiger charge is -2.38. The number of carbonyl (C=O) groups is 2. The van der Waals surface area contributed by atoms with Crippen molar-refractivity contribution >= 4 is 23.2 Å². The zero-order valence-corrected chi connectivity index (χ0v) is 16.7. The molecule has 0 spiro atoms. The molecule has 2 fully saturated rings. The Morgan fingerprint density at radius 2 is 1.96 bits per heavy atom. The normalized spacial score (nSPS) is 24.2. The van der Waals surface area contributed by atoms with E-state index < -0.39 is 5.97 Å². The molecule has 3 rings (SSSR count). The number of aromatic carboxylic acids is 1. The second kappa shape index (κ2) is 9.17. The van der Waals surface area contributed by atoms with Gasteiger partial charge in [-0.2, -0.15) is 0 Å². The first-order valence-corrected chi connectivity index (χ1v) is 10.7. The predicted molar refractivity (Wildman–Crippen MR) is 105 cm³/mol. The van der Waals surface area contributed by atoms with Gasteiger partial charge in [0.25, 0.3) is 0 Å². The van der Waals surface area contributed by atoms with Crippen LogP contribution in [0.25, 0.3) is 0 Å². The molecule has 0 bridgehead atoms. The summed E-state index contributed by atoms with van der Waals surface area (Å²) in [6.45, 7) is 1.14. The van der Waals surface area contributed by atoms with Gasteiger partial charge in [-0.3, -0.25) is 4.79 Å². The number of carbonyl (C=O) groups excluding carboxylic acids is 1. The number of ether oxygens (including phenoxy) is 1. The third kappa shape index (κ3) is 5.09. The van der Waals surface area contributed by atoms with Crippen LogP contribution in [0, 0.1) is 11.8 Å². The summed E-state index contributed by atoms with van der Waals surface area (Å²) in [5.41, 5.74) is 6.29. The van der Waals surface area contributed by atoms with Crippen molar-refractivity contribution in [2.24, 2.45) is 17.6 Å². The fourth-order valence-electron chi connectivity index (χ4n) is 4.00. The SMILES string of the molecule is CN(C(=O)[C@@H](N)C1CCC(COCc2ccc(C(=O)O)s2)CC1)C1CCC1. The molecule has 0 aliphatic heterocycles. The van der Waals surface area contributed by atoms with E-state index in [-0.39, 0.29) is 17.9 Å². The van der Waals surface area contributed by atoms with Gasteiger partial charge in [0.1, 0.15) is 4.88 Å². The Kier molecular flexibility index (Phi) is 6.89. The Balaban J connectivity index is 1.36. The van der Waals surface area contributed by atoms with Gasteiger partial charge in [-0.25, -0.2) is 4.79 Å². The van der Waals surface area contributed by atoms with Crippen molar-refractivity contribution < 1.29 is 19.4 Å². The van der Waals surface area contributed by atoms with Crippen LogP contribution in [0.15, 0.2) is 12.1 Å². The van der Waals surface area contributed by atoms with E-state index in [1.54, 1.807) is 6.07 Å². The summed E-state index contributed by atoms with van der Waals surface area (Å²) in [6, 6.07) is 3.45. The molecule has 1 aromatic heterocycles. The van der Waals surface area contributed by atoms with Gasteiger partial charge in [0, 0.05) is 24.6 Å². The largest absolute Gasteiger partial charge is 0.477 e. The fourth-order valence-corrected chi connectivity index (χ4v) is 4.79. The van der Waals surface area contributed by atoms with Gasteiger partial charge >= 0.3 is 5.97 Å². The van der Waals surface area contributed by atoms with Gasteiger partial charge in [0.05, 0.1) is 12.6 Å². The molecule has 27 heavy (non-hydrogen) atoms. The Labute approximate surface area is 164 Å². The number of nitrogens with two attached hydrogens (primary N) is 1. The molecule has 2 saturated carbocycles. The van der Waals surface area contributed by atoms with E-state index in [2.05, 4.69) is 0 Å². The second-order valence-corrected chi connectivity index (χ2v) is 9.10. The highest BCUT2D eigenvalue weighted by Gasteiger charge is 2.34. The lowest BCUT2D eigenvalue weighted by molar-refractivity contribution is -0.136. The van der Waals surface area contributed by atoms with Crippen molar-refractivity contribution in [1.82, 2.24) is 4.90 Å². The molecular weight excluding hydrogens is 364 g/mol. The maximum Gasteiger partial charge on any atom is 0.345 e. The third-order valence-electron chi connectivity index (χ3n) is 6.12. The zero-order chi connectivity index (χ0) is 19.4. The molecule has 2 aliphatic rings. The van der Waals surface area contributed by atoms with Crippen molar-refractivity contribution in [1.29, 1.82) is 0 Å². The van der Waals surface area contributed by atoms with E-state index in [9.17, 15) is 9.59 Å². The van der Waals surface area contributed by atoms with E-state index in [0.717, 1.165) is 43.4 Å². The smallest absolute Gasteiger partial charge is 0.345 e. The van der Waals surface area contributed by atoms with Crippen LogP contribution >= 0.6 is 11.3 Å². The van der Waals surface area contributed by atoms with Crippen LogP contribution in [0.4, 0.5) is 0 Å². The van der Waals surface area contributed by atoms with Gasteiger partial charge in [0.15, 0.2) is 0 Å². The highest BCUT2D eigenvalue weighted by molar-refractivity contribution is 7.13. The maximum absolute atomic E-state index is 12.6. The molecule has 1 aromatic rings. The predicted octanol–water partition coefficient (Wildman–Crippen LogP) is 3.11. The van der Waals surface area contributed by atoms with Gasteiger partial charge in [-0.1, -0.05) is 0 Å². The Bertz CT molecular complexity index is 650. The van der Waals surface area contributed by atoms with Crippen LogP contribution in [-0.2, 0) is 16.1 Å². The topological polar surface area (TPSA) is 92.9 Å². The number of rotatable bonds is 8. The molecule has 0 aromatic carbocycles. The summed E-state index contributed by atoms with van der Waals surface area (Å²) in [6.07, 6.45) is 7.44. The number of nitrogens with zero attached hydrogens (tertiary/aromatic N) is 1. The lowest BCUT2D eigenvalue weighted by atomic mass is 9.78. The first-order valence-electron chi connectivity index (χ1n) is 9.87. The maximum atomic E-state index is 12.6. The molecule has 7 heteroatoms. The lowest BCUT2D eigenvalue weighted by Crippen LogP contribution is -2.52. The molecule has 0 radical (unpaired) electrons. The van der Waals surface area contributed by atoms with Gasteiger partial charge in [0.2, 0.25) is 5.91 Å². The molecule has 0 unspecified atom stereocenters. The number of hydrogen-bond acceptors (Lipinski definition) is 5. The number of amides is 1. The van der Waals surface area contributed by atoms with Crippen LogP contribution in [0.2, 0.25) is 0 Å². The highest BCUT2D eigenvalue weighted by Crippen LogP contribution is 2.32. The number of hydrogen-bond donors (Lipinski definition) is 2. The zero-order valence-electron chi connectivity index (χ0n) is 15.9. The van der Waals surface area contributed by atoms with Crippen molar-refractivity contribution in [2.75, 3.05) is 13.7 Å². The minimum Gasteiger partial charge on any atom is -0.477 e. The quantitative estimate of drug-likeness (QED) is 0.707. The standard InChI is InChI=1S/C20H30N2O4S/c1-22(15-3-2-4-15)19(23)18(21)14-7-5-13(6-8-14)11-26-12-16-9-10-17(27-16)20(24)25/h9-10,13-15,18H,2-8,11-12,21H2,1H3,(H,24,25)/t13?,14?,18-/m0/s1. The summed E-state index contributed by atoms with van der Waals surface area (Å²) < 4.78 is 5.80. The summed E-state index contributed by atoms with van der Waals surface area (Å²) in [5, 5.41) is 8.95. The molecular formula is C20H30N2O4S. The van der Waals surface area contributed by atoms with Crippen molar-refractivity contribution in [3.63, 3.8) is 0 Å². The first-order chi connectivity index (χ1) is 13.0. The average Bonchev–Trinajstić information content (AvgIpc) is 3.09. The molecule has 1 atom stereocenters. The summed E-state index contributed by atoms with van der Waals surface area (Å²) >= 11 is 1.26. The van der Waals surface area contributed by atoms with Crippen LogP contribution in [0.5, 0.6) is 0 Å². The molecule has 150 valence electrons. The van der Waals surface area contributed by atoms with Crippen LogP contribution in [0.3, 0.4) is 0 Å². The second-order valence-electron chi connectivity index (χ2n) is 7.93. The average molecular weight is 395 g/mol. The van der Waals surface area contributed by atoms with Crippen LogP contribution in [0.1, 0.15) is 59.5 Å². The summed E-state index contributed by atoms with van der Waals surface area (Å²) in [5.74, 6) is -0.0248. The Morgan fingerprint density at radius 1 is 1.26 bits per heavy atom. The minimum atomic E-state index is -0.890. The van der Waals surface area contributed by atoms with Crippen LogP contribution in [-0.4, -0.2) is 47.6 Å². The summed E-state index contributed by atoms with van der Waals surface area (Å²) in [4.78, 5) is 26.6. The fraction of sp³-hybridized carbons (Fsp3) is 0.700. The Morgan fingerprint density at radius 3 is 2.52 bits per heavy atom.